The van der Waals surface area contributed by atoms with Crippen molar-refractivity contribution in [2.24, 2.45) is 16.8 Å². The standard InChI is InChI=1S/C50H61N7O8/c1-25(2)44(54-49(60)62-7)47(58)57-27(4)10-16-42(57)46-51-23-40(53-46)31-11-13-34-33(19-31)24-64-43-22-35-30(20-37(34)43)12-14-38-36(35)21-39(52-38)41-15-9-26(3)56(41)48(59)45(55-50(61)63-8)32-17-28(5)65-29(6)18-32/h11-14,19-20,22-23,25-29,32,41-42,44-45H,9-10,15-18,21,24H2,1-8H3,(H,51,53)(H,54,60)(H,55,61)/t26-,27-,28+,29+,41-,42-,44-,45-/m0/s1. The molecule has 4 amide bonds. The quantitative estimate of drug-likeness (QED) is 0.150. The van der Waals surface area contributed by atoms with Gasteiger partial charge in [-0.15, -0.1) is 0 Å². The minimum atomic E-state index is -0.727. The summed E-state index contributed by atoms with van der Waals surface area (Å²) in [6.45, 7) is 12.4. The van der Waals surface area contributed by atoms with Gasteiger partial charge in [-0.2, -0.15) is 0 Å². The average Bonchev–Trinajstić information content (AvgIpc) is 4.11. The van der Waals surface area contributed by atoms with E-state index in [1.165, 1.54) is 14.2 Å². The van der Waals surface area contributed by atoms with Gasteiger partial charge in [-0.25, -0.2) is 14.6 Å². The Morgan fingerprint density at radius 1 is 0.815 bits per heavy atom. The lowest BCUT2D eigenvalue weighted by Gasteiger charge is -2.39. The highest BCUT2D eigenvalue weighted by atomic mass is 16.5. The second-order valence-electron chi connectivity index (χ2n) is 19.1. The molecule has 344 valence electrons. The summed E-state index contributed by atoms with van der Waals surface area (Å²) in [7, 11) is 2.62. The second kappa shape index (κ2) is 17.8. The minimum Gasteiger partial charge on any atom is -0.488 e. The zero-order valence-electron chi connectivity index (χ0n) is 38.6. The van der Waals surface area contributed by atoms with Gasteiger partial charge in [0.15, 0.2) is 0 Å². The van der Waals surface area contributed by atoms with Crippen molar-refractivity contribution in [3.8, 4) is 28.1 Å². The van der Waals surface area contributed by atoms with Crippen LogP contribution in [0, 0.1) is 11.8 Å². The number of amides is 4. The molecule has 5 aliphatic heterocycles. The van der Waals surface area contributed by atoms with Crippen LogP contribution in [0.1, 0.15) is 103 Å². The van der Waals surface area contributed by atoms with Crippen LogP contribution in [0.4, 0.5) is 15.3 Å². The van der Waals surface area contributed by atoms with Crippen molar-refractivity contribution >= 4 is 46.2 Å². The molecule has 0 unspecified atom stereocenters. The SMILES string of the molecule is COC(=O)N[C@H](C(=O)N1[C@@H](C)CC[C@H]1c1ncc(-c2ccc3c(c2)COc2cc4c5c(ccc4cc2-3)N=C([C@@H]2CC[C@H](C)N2C(=O)[C@@H](NC(=O)OC)C2C[C@@H](C)O[C@H](C)C2)C5)[nH]1)C(C)C. The van der Waals surface area contributed by atoms with E-state index >= 15 is 0 Å². The highest BCUT2D eigenvalue weighted by Gasteiger charge is 2.46. The highest BCUT2D eigenvalue weighted by Crippen LogP contribution is 2.45. The monoisotopic (exact) mass is 887 g/mol. The summed E-state index contributed by atoms with van der Waals surface area (Å²) < 4.78 is 22.3. The number of ether oxygens (including phenoxy) is 4. The number of carbonyl (C=O) groups excluding carboxylic acids is 4. The summed E-state index contributed by atoms with van der Waals surface area (Å²) in [5.41, 5.74) is 7.99. The van der Waals surface area contributed by atoms with Gasteiger partial charge in [0.2, 0.25) is 11.8 Å². The van der Waals surface area contributed by atoms with E-state index in [0.29, 0.717) is 31.7 Å². The number of carbonyl (C=O) groups is 4. The van der Waals surface area contributed by atoms with Crippen molar-refractivity contribution in [1.82, 2.24) is 30.4 Å². The molecule has 9 rings (SSSR count). The number of fused-ring (bicyclic) bond motifs is 6. The fourth-order valence-electron chi connectivity index (χ4n) is 11.2. The molecule has 3 saturated heterocycles. The topological polar surface area (TPSA) is 177 Å². The normalized spacial score (nSPS) is 25.6. The summed E-state index contributed by atoms with van der Waals surface area (Å²) in [6, 6.07) is 13.0. The van der Waals surface area contributed by atoms with Gasteiger partial charge in [-0.3, -0.25) is 14.6 Å². The lowest BCUT2D eigenvalue weighted by molar-refractivity contribution is -0.139. The molecule has 5 aliphatic rings. The Morgan fingerprint density at radius 3 is 2.22 bits per heavy atom. The number of aromatic amines is 1. The van der Waals surface area contributed by atoms with E-state index in [2.05, 4.69) is 65.0 Å². The number of alkyl carbamates (subject to hydrolysis) is 2. The van der Waals surface area contributed by atoms with E-state index in [4.69, 9.17) is 28.9 Å². The van der Waals surface area contributed by atoms with E-state index in [9.17, 15) is 19.2 Å². The summed E-state index contributed by atoms with van der Waals surface area (Å²) >= 11 is 0. The number of methoxy groups -OCH3 is 2. The molecule has 0 saturated carbocycles. The first-order valence-electron chi connectivity index (χ1n) is 23.2. The van der Waals surface area contributed by atoms with Crippen molar-refractivity contribution in [2.45, 2.75) is 142 Å². The van der Waals surface area contributed by atoms with Crippen LogP contribution in [-0.4, -0.2) is 106 Å². The number of hydrogen-bond donors (Lipinski definition) is 3. The van der Waals surface area contributed by atoms with Gasteiger partial charge >= 0.3 is 12.2 Å². The number of aliphatic imine (C=N–C) groups is 1. The van der Waals surface area contributed by atoms with Crippen molar-refractivity contribution < 1.29 is 38.1 Å². The van der Waals surface area contributed by atoms with Crippen LogP contribution >= 0.6 is 0 Å². The lowest BCUT2D eigenvalue weighted by atomic mass is 9.85. The van der Waals surface area contributed by atoms with Gasteiger partial charge in [-0.05, 0) is 135 Å². The molecule has 0 bridgehead atoms. The molecule has 6 heterocycles. The van der Waals surface area contributed by atoms with Gasteiger partial charge in [0.25, 0.3) is 0 Å². The molecule has 1 aromatic heterocycles. The average molecular weight is 888 g/mol. The molecule has 4 aromatic rings. The number of nitrogens with one attached hydrogen (secondary N) is 3. The third-order valence-electron chi connectivity index (χ3n) is 14.4. The zero-order chi connectivity index (χ0) is 45.8. The maximum Gasteiger partial charge on any atom is 0.407 e. The summed E-state index contributed by atoms with van der Waals surface area (Å²) in [5, 5.41) is 7.81. The van der Waals surface area contributed by atoms with Crippen molar-refractivity contribution in [3.63, 3.8) is 0 Å². The van der Waals surface area contributed by atoms with E-state index in [-0.39, 0.29) is 60.0 Å². The number of benzene rings is 3. The van der Waals surface area contributed by atoms with Crippen LogP contribution in [0.15, 0.2) is 53.7 Å². The molecule has 3 N–H and O–H groups in total. The predicted molar refractivity (Wildman–Crippen MR) is 246 cm³/mol. The third-order valence-corrected chi connectivity index (χ3v) is 14.4. The first kappa shape index (κ1) is 44.3. The summed E-state index contributed by atoms with van der Waals surface area (Å²) in [5.74, 6) is 1.07. The number of likely N-dealkylation sites (tertiary alicyclic amines) is 2. The van der Waals surface area contributed by atoms with Crippen LogP contribution < -0.4 is 15.4 Å². The first-order chi connectivity index (χ1) is 31.2. The number of rotatable bonds is 9. The number of H-pyrrole nitrogens is 1. The summed E-state index contributed by atoms with van der Waals surface area (Å²) in [6.07, 6.45) is 5.72. The second-order valence-corrected chi connectivity index (χ2v) is 19.1. The first-order valence-corrected chi connectivity index (χ1v) is 23.2. The molecule has 8 atom stereocenters. The Kier molecular flexibility index (Phi) is 12.1. The van der Waals surface area contributed by atoms with Gasteiger partial charge in [0.05, 0.1) is 56.1 Å². The molecular weight excluding hydrogens is 827 g/mol. The van der Waals surface area contributed by atoms with Gasteiger partial charge in [-0.1, -0.05) is 32.0 Å². The van der Waals surface area contributed by atoms with Gasteiger partial charge < -0.3 is 44.4 Å². The van der Waals surface area contributed by atoms with Crippen LogP contribution in [-0.2, 0) is 36.8 Å². The Hall–Kier alpha value is -5.96. The fourth-order valence-corrected chi connectivity index (χ4v) is 11.2. The number of aromatic nitrogens is 2. The molecule has 3 aromatic carbocycles. The lowest BCUT2D eigenvalue weighted by Crippen LogP contribution is -2.57. The largest absolute Gasteiger partial charge is 0.488 e. The molecule has 0 spiro atoms. The van der Waals surface area contributed by atoms with Crippen LogP contribution in [0.2, 0.25) is 0 Å². The Morgan fingerprint density at radius 2 is 1.51 bits per heavy atom. The smallest absolute Gasteiger partial charge is 0.407 e. The van der Waals surface area contributed by atoms with Crippen LogP contribution in [0.5, 0.6) is 5.75 Å². The Bertz CT molecular complexity index is 2540. The highest BCUT2D eigenvalue weighted by molar-refractivity contribution is 6.06. The fraction of sp³-hybridized carbons (Fsp3) is 0.520. The molecule has 0 aliphatic carbocycles. The maximum absolute atomic E-state index is 14.6. The van der Waals surface area contributed by atoms with Crippen molar-refractivity contribution in [3.05, 3.63) is 65.6 Å². The molecule has 15 nitrogen and oxygen atoms in total. The van der Waals surface area contributed by atoms with Crippen molar-refractivity contribution in [1.29, 1.82) is 0 Å². The van der Waals surface area contributed by atoms with E-state index in [1.54, 1.807) is 0 Å². The summed E-state index contributed by atoms with van der Waals surface area (Å²) in [4.78, 5) is 70.6. The molecule has 3 fully saturated rings. The maximum atomic E-state index is 14.6. The van der Waals surface area contributed by atoms with Crippen molar-refractivity contribution in [2.75, 3.05) is 14.2 Å². The number of imidazole rings is 1. The Balaban J connectivity index is 0.934. The molecular formula is C50H61N7O8. The Labute approximate surface area is 380 Å². The predicted octanol–water partition coefficient (Wildman–Crippen LogP) is 8.16. The number of nitrogens with zero attached hydrogens (tertiary/aromatic N) is 4. The van der Waals surface area contributed by atoms with E-state index in [1.807, 2.05) is 50.6 Å². The molecule has 15 heteroatoms. The minimum absolute atomic E-state index is 0.0124. The molecule has 65 heavy (non-hydrogen) atoms. The van der Waals surface area contributed by atoms with Gasteiger partial charge in [0.1, 0.15) is 30.3 Å². The van der Waals surface area contributed by atoms with Crippen LogP contribution in [0.3, 0.4) is 0 Å². The van der Waals surface area contributed by atoms with Gasteiger partial charge in [0, 0.05) is 29.8 Å². The van der Waals surface area contributed by atoms with E-state index in [0.717, 1.165) is 87.1 Å². The van der Waals surface area contributed by atoms with Crippen LogP contribution in [0.25, 0.3) is 33.2 Å². The third kappa shape index (κ3) is 8.32. The zero-order valence-corrected chi connectivity index (χ0v) is 38.6. The van der Waals surface area contributed by atoms with E-state index < -0.39 is 24.3 Å². The molecule has 0 radical (unpaired) electrons. The number of hydrogen-bond acceptors (Lipinski definition) is 10.